The number of pyridine rings is 1. The van der Waals surface area contributed by atoms with Crippen LogP contribution < -0.4 is 22.5 Å². The van der Waals surface area contributed by atoms with E-state index in [-0.39, 0.29) is 12.4 Å². The first kappa shape index (κ1) is 17.1. The van der Waals surface area contributed by atoms with Crippen molar-refractivity contribution in [1.29, 1.82) is 0 Å². The number of rotatable bonds is 5. The molecule has 0 fully saturated rings. The van der Waals surface area contributed by atoms with E-state index in [1.54, 1.807) is 19.4 Å². The Morgan fingerprint density at radius 1 is 1.25 bits per heavy atom. The Balaban J connectivity index is 0.00000200. The highest BCUT2D eigenvalue weighted by atomic mass is 35.5. The molecule has 2 rings (SSSR count). The molecule has 1 aromatic heterocycles. The van der Waals surface area contributed by atoms with Crippen molar-refractivity contribution >= 4 is 23.2 Å². The van der Waals surface area contributed by atoms with Gasteiger partial charge in [0.25, 0.3) is 0 Å². The van der Waals surface area contributed by atoms with E-state index in [4.69, 9.17) is 27.9 Å². The number of hydrogen-bond acceptors (Lipinski definition) is 3. The van der Waals surface area contributed by atoms with Crippen LogP contribution in [0.15, 0.2) is 36.7 Å². The van der Waals surface area contributed by atoms with Gasteiger partial charge in [0.1, 0.15) is 5.75 Å². The predicted molar refractivity (Wildman–Crippen MR) is 77.8 cm³/mol. The summed E-state index contributed by atoms with van der Waals surface area (Å²) in [5.74, 6) is 0.657. The Bertz CT molecular complexity index is 550. The van der Waals surface area contributed by atoms with Crippen LogP contribution in [0, 0.1) is 0 Å². The summed E-state index contributed by atoms with van der Waals surface area (Å²) in [5.41, 5.74) is 2.05. The third-order valence-electron chi connectivity index (χ3n) is 2.66. The smallest absolute Gasteiger partial charge is 0.142 e. The van der Waals surface area contributed by atoms with Gasteiger partial charge in [0.2, 0.25) is 0 Å². The molecule has 1 N–H and O–H groups in total. The lowest BCUT2D eigenvalue weighted by Crippen LogP contribution is -3.00. The van der Waals surface area contributed by atoms with Gasteiger partial charge < -0.3 is 22.5 Å². The number of nitrogens with zero attached hydrogens (tertiary/aromatic N) is 1. The summed E-state index contributed by atoms with van der Waals surface area (Å²) in [5, 5.41) is 4.43. The van der Waals surface area contributed by atoms with E-state index in [2.05, 4.69) is 10.3 Å². The standard InChI is InChI=1S/C14H14Cl2N2O.ClH/c1-19-14-11(5-12(15)6-13(14)16)9-18-8-10-3-2-4-17-7-10;/h2-7,18H,8-9H2,1H3;1H/p-1. The van der Waals surface area contributed by atoms with Gasteiger partial charge in [-0.15, -0.1) is 0 Å². The van der Waals surface area contributed by atoms with Crippen LogP contribution in [0.1, 0.15) is 11.1 Å². The number of nitrogens with one attached hydrogen (secondary N) is 1. The van der Waals surface area contributed by atoms with Crippen molar-refractivity contribution < 1.29 is 17.1 Å². The molecule has 3 nitrogen and oxygen atoms in total. The SMILES string of the molecule is COc1c(Cl)cc(Cl)cc1CNCc1cccnc1.[Cl-]. The molecule has 0 atom stereocenters. The fraction of sp³-hybridized carbons (Fsp3) is 0.214. The van der Waals surface area contributed by atoms with E-state index < -0.39 is 0 Å². The minimum Gasteiger partial charge on any atom is -1.00 e. The summed E-state index contributed by atoms with van der Waals surface area (Å²) < 4.78 is 5.29. The van der Waals surface area contributed by atoms with Gasteiger partial charge in [-0.05, 0) is 23.8 Å². The molecule has 0 aliphatic rings. The molecule has 0 radical (unpaired) electrons. The molecule has 1 aromatic carbocycles. The van der Waals surface area contributed by atoms with E-state index in [1.165, 1.54) is 0 Å². The summed E-state index contributed by atoms with van der Waals surface area (Å²) in [6.07, 6.45) is 3.58. The Morgan fingerprint density at radius 3 is 2.70 bits per heavy atom. The number of ether oxygens (including phenoxy) is 1. The molecule has 108 valence electrons. The third-order valence-corrected chi connectivity index (χ3v) is 3.16. The zero-order valence-corrected chi connectivity index (χ0v) is 13.1. The average molecular weight is 333 g/mol. The van der Waals surface area contributed by atoms with Gasteiger partial charge in [-0.3, -0.25) is 4.98 Å². The zero-order valence-electron chi connectivity index (χ0n) is 10.9. The van der Waals surface area contributed by atoms with Gasteiger partial charge in [-0.25, -0.2) is 0 Å². The topological polar surface area (TPSA) is 34.1 Å². The first-order valence-corrected chi connectivity index (χ1v) is 6.58. The minimum atomic E-state index is 0. The number of hydrogen-bond donors (Lipinski definition) is 1. The van der Waals surface area contributed by atoms with Crippen LogP contribution in [0.4, 0.5) is 0 Å². The largest absolute Gasteiger partial charge is 1.00 e. The Hall–Kier alpha value is -1.00. The van der Waals surface area contributed by atoms with Crippen LogP contribution in [-0.2, 0) is 13.1 Å². The molecule has 0 saturated carbocycles. The normalized spacial score (nSPS) is 9.95. The van der Waals surface area contributed by atoms with Crippen LogP contribution in [0.2, 0.25) is 10.0 Å². The Labute approximate surface area is 134 Å². The second kappa shape index (κ2) is 8.32. The van der Waals surface area contributed by atoms with Gasteiger partial charge in [0.05, 0.1) is 12.1 Å². The maximum absolute atomic E-state index is 6.08. The highest BCUT2D eigenvalue weighted by Gasteiger charge is 2.09. The van der Waals surface area contributed by atoms with Crippen molar-refractivity contribution in [3.05, 3.63) is 57.8 Å². The first-order valence-electron chi connectivity index (χ1n) is 5.82. The lowest BCUT2D eigenvalue weighted by molar-refractivity contribution is -0.00000403. The second-order valence-corrected chi connectivity index (χ2v) is 4.89. The van der Waals surface area contributed by atoms with Crippen LogP contribution in [0.3, 0.4) is 0 Å². The van der Waals surface area contributed by atoms with Crippen molar-refractivity contribution in [3.63, 3.8) is 0 Å². The molecule has 0 aliphatic heterocycles. The van der Waals surface area contributed by atoms with E-state index in [0.29, 0.717) is 22.3 Å². The molecule has 0 amide bonds. The quantitative estimate of drug-likeness (QED) is 0.875. The van der Waals surface area contributed by atoms with Crippen molar-refractivity contribution in [2.24, 2.45) is 0 Å². The fourth-order valence-corrected chi connectivity index (χ4v) is 2.43. The average Bonchev–Trinajstić information content (AvgIpc) is 2.39. The van der Waals surface area contributed by atoms with Crippen molar-refractivity contribution in [2.75, 3.05) is 7.11 Å². The van der Waals surface area contributed by atoms with E-state index in [1.807, 2.05) is 24.4 Å². The van der Waals surface area contributed by atoms with Crippen molar-refractivity contribution in [2.45, 2.75) is 13.1 Å². The summed E-state index contributed by atoms with van der Waals surface area (Å²) in [4.78, 5) is 4.07. The lowest BCUT2D eigenvalue weighted by atomic mass is 10.2. The van der Waals surface area contributed by atoms with Crippen LogP contribution in [0.5, 0.6) is 5.75 Å². The third kappa shape index (κ3) is 4.53. The van der Waals surface area contributed by atoms with Gasteiger partial charge in [0, 0.05) is 36.1 Å². The molecule has 0 aliphatic carbocycles. The fourth-order valence-electron chi connectivity index (χ4n) is 1.82. The number of halogens is 3. The van der Waals surface area contributed by atoms with Crippen LogP contribution in [-0.4, -0.2) is 12.1 Å². The van der Waals surface area contributed by atoms with Gasteiger partial charge in [0.15, 0.2) is 0 Å². The summed E-state index contributed by atoms with van der Waals surface area (Å²) in [7, 11) is 1.60. The number of aromatic nitrogens is 1. The minimum absolute atomic E-state index is 0. The number of methoxy groups -OCH3 is 1. The van der Waals surface area contributed by atoms with E-state index in [0.717, 1.165) is 17.7 Å². The summed E-state index contributed by atoms with van der Waals surface area (Å²) in [6.45, 7) is 1.35. The first-order chi connectivity index (χ1) is 9.20. The number of benzene rings is 1. The molecule has 0 unspecified atom stereocenters. The highest BCUT2D eigenvalue weighted by Crippen LogP contribution is 2.32. The van der Waals surface area contributed by atoms with Gasteiger partial charge >= 0.3 is 0 Å². The lowest BCUT2D eigenvalue weighted by Gasteiger charge is -2.12. The summed E-state index contributed by atoms with van der Waals surface area (Å²) >= 11 is 12.1. The molecule has 0 spiro atoms. The van der Waals surface area contributed by atoms with E-state index >= 15 is 0 Å². The second-order valence-electron chi connectivity index (χ2n) is 4.04. The molecule has 0 saturated heterocycles. The van der Waals surface area contributed by atoms with Crippen LogP contribution >= 0.6 is 23.2 Å². The Morgan fingerprint density at radius 2 is 2.05 bits per heavy atom. The molecule has 6 heteroatoms. The zero-order chi connectivity index (χ0) is 13.7. The molecule has 1 heterocycles. The Kier molecular flexibility index (Phi) is 7.10. The molecule has 2 aromatic rings. The predicted octanol–water partition coefficient (Wildman–Crippen LogP) is 0.691. The van der Waals surface area contributed by atoms with Gasteiger partial charge in [-0.2, -0.15) is 0 Å². The molecular formula is C14H14Cl3N2O-. The van der Waals surface area contributed by atoms with Crippen LogP contribution in [0.25, 0.3) is 0 Å². The maximum Gasteiger partial charge on any atom is 0.142 e. The van der Waals surface area contributed by atoms with Gasteiger partial charge in [-0.1, -0.05) is 29.3 Å². The van der Waals surface area contributed by atoms with E-state index in [9.17, 15) is 0 Å². The van der Waals surface area contributed by atoms with Crippen molar-refractivity contribution in [1.82, 2.24) is 10.3 Å². The highest BCUT2D eigenvalue weighted by molar-refractivity contribution is 6.35. The molecule has 20 heavy (non-hydrogen) atoms. The molecular weight excluding hydrogens is 319 g/mol. The monoisotopic (exact) mass is 331 g/mol. The molecule has 0 bridgehead atoms. The summed E-state index contributed by atoms with van der Waals surface area (Å²) in [6, 6.07) is 7.45. The maximum atomic E-state index is 6.08. The van der Waals surface area contributed by atoms with Crippen molar-refractivity contribution in [3.8, 4) is 5.75 Å².